The van der Waals surface area contributed by atoms with Crippen molar-refractivity contribution < 1.29 is 23.1 Å². The lowest BCUT2D eigenvalue weighted by Crippen LogP contribution is -2.35. The third-order valence-corrected chi connectivity index (χ3v) is 6.49. The minimum atomic E-state index is -3.72. The second kappa shape index (κ2) is 8.69. The number of halogens is 1. The highest BCUT2D eigenvalue weighted by Crippen LogP contribution is 2.47. The number of nitrogens with one attached hydrogen (secondary N) is 1. The number of ether oxygens (including phenoxy) is 1. The molecule has 11 heteroatoms. The first-order valence-corrected chi connectivity index (χ1v) is 11.6. The molecule has 3 rings (SSSR count). The first-order chi connectivity index (χ1) is 13.7. The number of hydrogen-bond donors (Lipinski definition) is 2. The molecule has 1 atom stereocenters. The van der Waals surface area contributed by atoms with E-state index in [1.54, 1.807) is 24.3 Å². The maximum Gasteiger partial charge on any atom is 0.344 e. The number of thiophene rings is 1. The van der Waals surface area contributed by atoms with Gasteiger partial charge in [-0.25, -0.2) is 22.8 Å². The largest absolute Gasteiger partial charge is 0.477 e. The van der Waals surface area contributed by atoms with Crippen LogP contribution in [0.1, 0.15) is 26.8 Å². The molecule has 1 aromatic heterocycles. The van der Waals surface area contributed by atoms with Crippen molar-refractivity contribution in [3.63, 3.8) is 0 Å². The van der Waals surface area contributed by atoms with E-state index in [0.717, 1.165) is 17.6 Å². The molecule has 1 fully saturated rings. The second-order valence-electron chi connectivity index (χ2n) is 6.39. The van der Waals surface area contributed by atoms with E-state index >= 15 is 0 Å². The zero-order valence-corrected chi connectivity index (χ0v) is 17.8. The topological polar surface area (TPSA) is 100 Å². The van der Waals surface area contributed by atoms with E-state index in [1.165, 1.54) is 0 Å². The number of carboxylic acid groups (broad SMARTS) is 1. The minimum absolute atomic E-state index is 0.0754. The fourth-order valence-corrected chi connectivity index (χ4v) is 5.08. The van der Waals surface area contributed by atoms with Gasteiger partial charge in [0.25, 0.3) is 0 Å². The summed E-state index contributed by atoms with van der Waals surface area (Å²) in [4.78, 5) is 17.4. The molecular formula is C18H18ClN3O5S2. The quantitative estimate of drug-likeness (QED) is 0.649. The van der Waals surface area contributed by atoms with Crippen LogP contribution in [0.3, 0.4) is 0 Å². The number of hydrogen-bond acceptors (Lipinski definition) is 6. The number of aromatic carboxylic acids is 1. The Labute approximate surface area is 177 Å². The Kier molecular flexibility index (Phi) is 6.45. The van der Waals surface area contributed by atoms with E-state index in [2.05, 4.69) is 9.57 Å². The van der Waals surface area contributed by atoms with E-state index in [-0.39, 0.29) is 16.1 Å². The van der Waals surface area contributed by atoms with Crippen molar-refractivity contribution in [2.24, 2.45) is 0 Å². The molecule has 0 aliphatic carbocycles. The molecule has 1 unspecified atom stereocenters. The maximum atomic E-state index is 12.1. The summed E-state index contributed by atoms with van der Waals surface area (Å²) in [6.45, 7) is 9.68. The van der Waals surface area contributed by atoms with E-state index < -0.39 is 22.0 Å². The molecule has 2 heterocycles. The van der Waals surface area contributed by atoms with Crippen LogP contribution in [0.15, 0.2) is 24.3 Å². The van der Waals surface area contributed by atoms with E-state index in [9.17, 15) is 18.3 Å². The summed E-state index contributed by atoms with van der Waals surface area (Å²) in [6.07, 6.45) is 0.989. The van der Waals surface area contributed by atoms with Gasteiger partial charge in [-0.2, -0.15) is 0 Å². The molecule has 29 heavy (non-hydrogen) atoms. The maximum absolute atomic E-state index is 12.1. The second-order valence-corrected chi connectivity index (χ2v) is 9.61. The van der Waals surface area contributed by atoms with Crippen molar-refractivity contribution in [2.45, 2.75) is 6.04 Å². The van der Waals surface area contributed by atoms with Crippen LogP contribution in [0.2, 0.25) is 5.02 Å². The van der Waals surface area contributed by atoms with Gasteiger partial charge in [-0.3, -0.25) is 0 Å². The first-order valence-electron chi connectivity index (χ1n) is 8.54. The molecule has 0 amide bonds. The Morgan fingerprint density at radius 3 is 2.48 bits per heavy atom. The van der Waals surface area contributed by atoms with Crippen LogP contribution in [-0.2, 0) is 14.8 Å². The van der Waals surface area contributed by atoms with Gasteiger partial charge in [0.1, 0.15) is 4.88 Å². The third-order valence-electron chi connectivity index (χ3n) is 4.33. The molecule has 1 aliphatic rings. The van der Waals surface area contributed by atoms with Crippen molar-refractivity contribution >= 4 is 49.6 Å². The average Bonchev–Trinajstić information content (AvgIpc) is 3.06. The summed E-state index contributed by atoms with van der Waals surface area (Å²) in [5, 5.41) is 10.8. The number of carbonyl (C=O) groups is 1. The number of benzene rings is 1. The van der Waals surface area contributed by atoms with Crippen LogP contribution in [-0.4, -0.2) is 52.1 Å². The number of carboxylic acids is 1. The smallest absolute Gasteiger partial charge is 0.344 e. The van der Waals surface area contributed by atoms with Crippen molar-refractivity contribution in [1.82, 2.24) is 4.72 Å². The van der Waals surface area contributed by atoms with Gasteiger partial charge in [-0.15, -0.1) is 11.3 Å². The lowest BCUT2D eigenvalue weighted by atomic mass is 9.98. The van der Waals surface area contributed by atoms with Crippen LogP contribution < -0.4 is 9.62 Å². The van der Waals surface area contributed by atoms with Crippen LogP contribution in [0.25, 0.3) is 4.85 Å². The first kappa shape index (κ1) is 21.5. The van der Waals surface area contributed by atoms with Gasteiger partial charge >= 0.3 is 5.97 Å². The molecule has 0 spiro atoms. The van der Waals surface area contributed by atoms with Crippen LogP contribution in [0.4, 0.5) is 10.7 Å². The van der Waals surface area contributed by atoms with E-state index in [0.29, 0.717) is 41.9 Å². The van der Waals surface area contributed by atoms with Crippen molar-refractivity contribution in [1.29, 1.82) is 0 Å². The van der Waals surface area contributed by atoms with Gasteiger partial charge in [0.15, 0.2) is 0 Å². The van der Waals surface area contributed by atoms with Crippen LogP contribution >= 0.6 is 22.9 Å². The fraction of sp³-hybridized carbons (Fsp3) is 0.333. The Hall–Kier alpha value is -2.16. The van der Waals surface area contributed by atoms with Crippen molar-refractivity contribution in [2.75, 3.05) is 37.5 Å². The molecule has 1 aromatic carbocycles. The van der Waals surface area contributed by atoms with E-state index in [4.69, 9.17) is 22.9 Å². The highest BCUT2D eigenvalue weighted by molar-refractivity contribution is 7.88. The number of sulfonamides is 1. The Morgan fingerprint density at radius 1 is 1.34 bits per heavy atom. The molecule has 1 saturated heterocycles. The van der Waals surface area contributed by atoms with Gasteiger partial charge in [0, 0.05) is 23.7 Å². The molecule has 2 aromatic rings. The lowest BCUT2D eigenvalue weighted by Gasteiger charge is -2.28. The monoisotopic (exact) mass is 455 g/mol. The average molecular weight is 456 g/mol. The molecule has 2 N–H and O–H groups in total. The highest BCUT2D eigenvalue weighted by Gasteiger charge is 2.33. The number of morpholine rings is 1. The van der Waals surface area contributed by atoms with Gasteiger partial charge < -0.3 is 14.7 Å². The molecule has 0 radical (unpaired) electrons. The van der Waals surface area contributed by atoms with Gasteiger partial charge in [0.2, 0.25) is 15.7 Å². The number of nitrogens with zero attached hydrogens (tertiary/aromatic N) is 2. The fourth-order valence-electron chi connectivity index (χ4n) is 3.10. The van der Waals surface area contributed by atoms with Crippen molar-refractivity contribution in [3.8, 4) is 0 Å². The summed E-state index contributed by atoms with van der Waals surface area (Å²) in [7, 11) is -3.72. The Morgan fingerprint density at radius 2 is 1.97 bits per heavy atom. The highest BCUT2D eigenvalue weighted by atomic mass is 35.5. The summed E-state index contributed by atoms with van der Waals surface area (Å²) in [5.74, 6) is -1.22. The number of rotatable bonds is 6. The zero-order valence-electron chi connectivity index (χ0n) is 15.4. The SMILES string of the molecule is [C-]#[N+]c1c(N2CCOCC2)sc(C(=O)O)c1C(NS(C)(=O)=O)c1ccc(Cl)cc1. The minimum Gasteiger partial charge on any atom is -0.477 e. The summed E-state index contributed by atoms with van der Waals surface area (Å²) in [6, 6.07) is 5.35. The molecule has 1 aliphatic heterocycles. The van der Waals surface area contributed by atoms with E-state index in [1.807, 2.05) is 4.90 Å². The predicted octanol–water partition coefficient (Wildman–Crippen LogP) is 3.13. The zero-order chi connectivity index (χ0) is 21.2. The lowest BCUT2D eigenvalue weighted by molar-refractivity contribution is 0.0700. The van der Waals surface area contributed by atoms with Gasteiger partial charge in [-0.1, -0.05) is 23.7 Å². The van der Waals surface area contributed by atoms with Crippen LogP contribution in [0.5, 0.6) is 0 Å². The predicted molar refractivity (Wildman–Crippen MR) is 112 cm³/mol. The standard InChI is InChI=1S/C18H18ClN3O5S2/c1-20-15-13(14(21-29(2,25)26)11-3-5-12(19)6-4-11)16(18(23)24)28-17(15)22-7-9-27-10-8-22/h3-6,14,21H,7-10H2,2H3,(H,23,24). The molecular weight excluding hydrogens is 438 g/mol. The summed E-state index contributed by atoms with van der Waals surface area (Å²) < 4.78 is 31.9. The summed E-state index contributed by atoms with van der Waals surface area (Å²) in [5.41, 5.74) is 0.746. The van der Waals surface area contributed by atoms with Crippen LogP contribution in [0, 0.1) is 6.57 Å². The molecule has 0 bridgehead atoms. The summed E-state index contributed by atoms with van der Waals surface area (Å²) >= 11 is 6.92. The third kappa shape index (κ3) is 4.88. The molecule has 154 valence electrons. The molecule has 0 saturated carbocycles. The Balaban J connectivity index is 2.22. The Bertz CT molecular complexity index is 1050. The van der Waals surface area contributed by atoms with Gasteiger partial charge in [-0.05, 0) is 17.7 Å². The van der Waals surface area contributed by atoms with Gasteiger partial charge in [0.05, 0.1) is 37.1 Å². The van der Waals surface area contributed by atoms with Crippen molar-refractivity contribution in [3.05, 3.63) is 56.7 Å². The molecule has 8 nitrogen and oxygen atoms in total. The number of anilines is 1. The normalized spacial score (nSPS) is 15.7.